The summed E-state index contributed by atoms with van der Waals surface area (Å²) >= 11 is 0. The number of aryl methyl sites for hydroxylation is 2. The first-order valence-corrected chi connectivity index (χ1v) is 7.02. The molecule has 0 radical (unpaired) electrons. The standard InChI is InChI=1S/C16H14N5/c1-19-12-8-17-7-5-11(12)14-16(19)20(2)15-13-10(9-21(14)15)4-3-6-18-13/h3-8H,9H2,1-2H3/q+1. The van der Waals surface area contributed by atoms with Gasteiger partial charge in [-0.3, -0.25) is 9.55 Å². The van der Waals surface area contributed by atoms with Gasteiger partial charge in [-0.15, -0.1) is 0 Å². The highest BCUT2D eigenvalue weighted by atomic mass is 15.2. The van der Waals surface area contributed by atoms with Gasteiger partial charge in [0.25, 0.3) is 11.5 Å². The van der Waals surface area contributed by atoms with Crippen LogP contribution < -0.4 is 4.57 Å². The highest BCUT2D eigenvalue weighted by Gasteiger charge is 2.34. The van der Waals surface area contributed by atoms with Crippen LogP contribution in [-0.2, 0) is 20.6 Å². The van der Waals surface area contributed by atoms with E-state index in [-0.39, 0.29) is 0 Å². The predicted molar refractivity (Wildman–Crippen MR) is 79.7 cm³/mol. The topological polar surface area (TPSA) is 39.5 Å². The van der Waals surface area contributed by atoms with Crippen LogP contribution in [0, 0.1) is 0 Å². The zero-order valence-corrected chi connectivity index (χ0v) is 11.9. The maximum absolute atomic E-state index is 4.58. The van der Waals surface area contributed by atoms with Crippen molar-refractivity contribution in [1.29, 1.82) is 0 Å². The lowest BCUT2D eigenvalue weighted by Crippen LogP contribution is -2.31. The minimum absolute atomic E-state index is 0.886. The van der Waals surface area contributed by atoms with Crippen LogP contribution in [0.15, 0.2) is 36.8 Å². The molecule has 5 rings (SSSR count). The second kappa shape index (κ2) is 3.49. The van der Waals surface area contributed by atoms with Gasteiger partial charge in [0.1, 0.15) is 11.2 Å². The number of imidazole rings is 1. The van der Waals surface area contributed by atoms with E-state index in [1.54, 1.807) is 0 Å². The summed E-state index contributed by atoms with van der Waals surface area (Å²) in [5.74, 6) is 1.19. The first-order valence-electron chi connectivity index (χ1n) is 7.02. The van der Waals surface area contributed by atoms with Crippen molar-refractivity contribution in [3.8, 4) is 11.5 Å². The van der Waals surface area contributed by atoms with Gasteiger partial charge in [-0.25, -0.2) is 14.1 Å². The third kappa shape index (κ3) is 1.15. The molecule has 102 valence electrons. The van der Waals surface area contributed by atoms with Crippen LogP contribution in [0.1, 0.15) is 5.56 Å². The quantitative estimate of drug-likeness (QED) is 0.404. The van der Waals surface area contributed by atoms with E-state index >= 15 is 0 Å². The van der Waals surface area contributed by atoms with Gasteiger partial charge in [0.2, 0.25) is 0 Å². The molecule has 21 heavy (non-hydrogen) atoms. The van der Waals surface area contributed by atoms with E-state index in [4.69, 9.17) is 0 Å². The van der Waals surface area contributed by atoms with Gasteiger partial charge in [0.15, 0.2) is 5.52 Å². The maximum atomic E-state index is 4.58. The molecule has 0 unspecified atom stereocenters. The van der Waals surface area contributed by atoms with Gasteiger partial charge in [-0.2, -0.15) is 0 Å². The summed E-state index contributed by atoms with van der Waals surface area (Å²) in [5, 5.41) is 1.25. The van der Waals surface area contributed by atoms with Crippen LogP contribution in [-0.4, -0.2) is 19.1 Å². The van der Waals surface area contributed by atoms with E-state index in [1.807, 2.05) is 24.7 Å². The lowest BCUT2D eigenvalue weighted by Gasteiger charge is -1.97. The summed E-state index contributed by atoms with van der Waals surface area (Å²) in [6, 6.07) is 6.27. The van der Waals surface area contributed by atoms with E-state index in [1.165, 1.54) is 27.9 Å². The van der Waals surface area contributed by atoms with Crippen molar-refractivity contribution in [2.45, 2.75) is 6.54 Å². The predicted octanol–water partition coefficient (Wildman–Crippen LogP) is 1.78. The normalized spacial score (nSPS) is 13.0. The largest absolute Gasteiger partial charge is 0.269 e. The van der Waals surface area contributed by atoms with Crippen LogP contribution >= 0.6 is 0 Å². The van der Waals surface area contributed by atoms with Gasteiger partial charge in [-0.05, 0) is 12.1 Å². The average Bonchev–Trinajstić information content (AvgIpc) is 3.11. The third-order valence-corrected chi connectivity index (χ3v) is 4.54. The molecule has 0 fully saturated rings. The van der Waals surface area contributed by atoms with Crippen molar-refractivity contribution in [3.63, 3.8) is 0 Å². The fraction of sp³-hybridized carbons (Fsp3) is 0.188. The molecule has 0 saturated heterocycles. The van der Waals surface area contributed by atoms with E-state index in [9.17, 15) is 0 Å². The smallest absolute Gasteiger partial charge is 0.261 e. The van der Waals surface area contributed by atoms with Crippen molar-refractivity contribution < 1.29 is 4.57 Å². The Morgan fingerprint density at radius 2 is 2.14 bits per heavy atom. The molecule has 1 aliphatic heterocycles. The molecule has 0 atom stereocenters. The van der Waals surface area contributed by atoms with E-state index < -0.39 is 0 Å². The van der Waals surface area contributed by atoms with Crippen molar-refractivity contribution in [2.24, 2.45) is 14.1 Å². The molecule has 0 spiro atoms. The van der Waals surface area contributed by atoms with E-state index in [2.05, 4.69) is 49.9 Å². The van der Waals surface area contributed by atoms with Crippen molar-refractivity contribution in [3.05, 3.63) is 42.4 Å². The monoisotopic (exact) mass is 276 g/mol. The summed E-state index contributed by atoms with van der Waals surface area (Å²) in [6.45, 7) is 0.886. The number of aromatic nitrogens is 5. The zero-order valence-electron chi connectivity index (χ0n) is 11.9. The summed E-state index contributed by atoms with van der Waals surface area (Å²) in [6.07, 6.45) is 5.67. The van der Waals surface area contributed by atoms with Gasteiger partial charge >= 0.3 is 0 Å². The Bertz CT molecular complexity index is 1040. The summed E-state index contributed by atoms with van der Waals surface area (Å²) in [4.78, 5) is 8.84. The molecule has 0 amide bonds. The van der Waals surface area contributed by atoms with Crippen molar-refractivity contribution in [2.75, 3.05) is 0 Å². The second-order valence-electron chi connectivity index (χ2n) is 5.60. The van der Waals surface area contributed by atoms with Crippen molar-refractivity contribution in [1.82, 2.24) is 19.1 Å². The minimum Gasteiger partial charge on any atom is -0.261 e. The molecule has 0 N–H and O–H groups in total. The van der Waals surface area contributed by atoms with Gasteiger partial charge in [0, 0.05) is 18.0 Å². The molecule has 5 nitrogen and oxygen atoms in total. The SMILES string of the molecule is Cn1c2cnccc2c2c1[n+](C)c1n2Cc2cccnc2-1. The molecule has 0 saturated carbocycles. The van der Waals surface area contributed by atoms with Gasteiger partial charge in [-0.1, -0.05) is 6.07 Å². The molecule has 4 aromatic rings. The molecule has 0 aliphatic carbocycles. The highest BCUT2D eigenvalue weighted by Crippen LogP contribution is 2.35. The minimum atomic E-state index is 0.886. The van der Waals surface area contributed by atoms with E-state index in [0.717, 1.165) is 17.8 Å². The number of nitrogens with zero attached hydrogens (tertiary/aromatic N) is 5. The number of fused-ring (bicyclic) bond motifs is 7. The van der Waals surface area contributed by atoms with Gasteiger partial charge in [0.05, 0.1) is 32.2 Å². The number of rotatable bonds is 0. The fourth-order valence-electron chi connectivity index (χ4n) is 3.66. The number of hydrogen-bond acceptors (Lipinski definition) is 2. The molecular formula is C16H14N5+. The Labute approximate surface area is 121 Å². The van der Waals surface area contributed by atoms with Crippen LogP contribution in [0.4, 0.5) is 0 Å². The lowest BCUT2D eigenvalue weighted by atomic mass is 10.2. The molecule has 4 aromatic heterocycles. The lowest BCUT2D eigenvalue weighted by molar-refractivity contribution is -0.636. The van der Waals surface area contributed by atoms with Crippen LogP contribution in [0.2, 0.25) is 0 Å². The Morgan fingerprint density at radius 3 is 3.05 bits per heavy atom. The van der Waals surface area contributed by atoms with Crippen LogP contribution in [0.3, 0.4) is 0 Å². The molecule has 0 aromatic carbocycles. The average molecular weight is 276 g/mol. The highest BCUT2D eigenvalue weighted by molar-refractivity contribution is 6.04. The fourth-order valence-corrected chi connectivity index (χ4v) is 3.66. The molecule has 5 heterocycles. The summed E-state index contributed by atoms with van der Waals surface area (Å²) < 4.78 is 6.83. The Morgan fingerprint density at radius 1 is 1.24 bits per heavy atom. The zero-order chi connectivity index (χ0) is 14.1. The molecular weight excluding hydrogens is 262 g/mol. The first kappa shape index (κ1) is 11.0. The van der Waals surface area contributed by atoms with E-state index in [0.29, 0.717) is 0 Å². The summed E-state index contributed by atoms with van der Waals surface area (Å²) in [7, 11) is 4.21. The Kier molecular flexibility index (Phi) is 1.83. The third-order valence-electron chi connectivity index (χ3n) is 4.54. The molecule has 0 bridgehead atoms. The second-order valence-corrected chi connectivity index (χ2v) is 5.60. The summed E-state index contributed by atoms with van der Waals surface area (Å²) in [5.41, 5.74) is 6.03. The van der Waals surface area contributed by atoms with Crippen LogP contribution in [0.25, 0.3) is 33.6 Å². The molecule has 5 heteroatoms. The molecule has 1 aliphatic rings. The Balaban J connectivity index is 2.03. The number of hydrogen-bond donors (Lipinski definition) is 0. The van der Waals surface area contributed by atoms with Crippen molar-refractivity contribution >= 4 is 22.1 Å². The Hall–Kier alpha value is -2.69. The first-order chi connectivity index (χ1) is 10.3. The number of pyridine rings is 2. The maximum Gasteiger partial charge on any atom is 0.269 e. The van der Waals surface area contributed by atoms with Gasteiger partial charge < -0.3 is 0 Å². The van der Waals surface area contributed by atoms with Crippen LogP contribution in [0.5, 0.6) is 0 Å².